The van der Waals surface area contributed by atoms with Gasteiger partial charge in [-0.3, -0.25) is 9.59 Å². The van der Waals surface area contributed by atoms with Gasteiger partial charge in [0.1, 0.15) is 11.6 Å². The zero-order valence-electron chi connectivity index (χ0n) is 14.4. The summed E-state index contributed by atoms with van der Waals surface area (Å²) in [5, 5.41) is 14.7. The Labute approximate surface area is 147 Å². The van der Waals surface area contributed by atoms with Gasteiger partial charge in [0.05, 0.1) is 0 Å². The average molecular weight is 333 g/mol. The summed E-state index contributed by atoms with van der Waals surface area (Å²) in [5.41, 5.74) is 4.07. The largest absolute Gasteiger partial charge is 0.326 e. The smallest absolute Gasteiger partial charge is 0.266 e. The van der Waals surface area contributed by atoms with E-state index < -0.39 is 5.91 Å². The molecule has 126 valence electrons. The van der Waals surface area contributed by atoms with Crippen LogP contribution >= 0.6 is 0 Å². The van der Waals surface area contributed by atoms with E-state index in [1.807, 2.05) is 38.1 Å². The highest BCUT2D eigenvalue weighted by Crippen LogP contribution is 2.18. The van der Waals surface area contributed by atoms with Crippen LogP contribution in [0.25, 0.3) is 6.08 Å². The highest BCUT2D eigenvalue weighted by Gasteiger charge is 2.11. The van der Waals surface area contributed by atoms with Crippen molar-refractivity contribution in [1.29, 1.82) is 5.26 Å². The highest BCUT2D eigenvalue weighted by molar-refractivity contribution is 6.10. The molecule has 5 heteroatoms. The van der Waals surface area contributed by atoms with Gasteiger partial charge in [-0.05, 0) is 49.2 Å². The van der Waals surface area contributed by atoms with Crippen LogP contribution in [0.15, 0.2) is 48.0 Å². The van der Waals surface area contributed by atoms with E-state index in [-0.39, 0.29) is 11.5 Å². The first-order chi connectivity index (χ1) is 11.9. The molecule has 2 N–H and O–H groups in total. The number of carbonyl (C=O) groups excluding carboxylic acids is 2. The molecule has 0 aliphatic heterocycles. The lowest BCUT2D eigenvalue weighted by Crippen LogP contribution is -2.14. The molecule has 0 aromatic heterocycles. The number of nitrogens with zero attached hydrogens (tertiary/aromatic N) is 1. The first-order valence-electron chi connectivity index (χ1n) is 7.77. The summed E-state index contributed by atoms with van der Waals surface area (Å²) in [4.78, 5) is 23.4. The van der Waals surface area contributed by atoms with E-state index in [9.17, 15) is 14.9 Å². The Morgan fingerprint density at radius 1 is 1.04 bits per heavy atom. The van der Waals surface area contributed by atoms with Gasteiger partial charge >= 0.3 is 0 Å². The van der Waals surface area contributed by atoms with E-state index in [2.05, 4.69) is 10.6 Å². The summed E-state index contributed by atoms with van der Waals surface area (Å²) in [6.45, 7) is 5.31. The van der Waals surface area contributed by atoms with Crippen molar-refractivity contribution in [1.82, 2.24) is 0 Å². The second-order valence-corrected chi connectivity index (χ2v) is 5.75. The topological polar surface area (TPSA) is 82.0 Å². The standard InChI is InChI=1S/C20H19N3O2/c1-13-4-9-19(14(2)10-13)23-20(25)17(12-21)11-16-5-7-18(8-6-16)22-15(3)24/h4-11H,1-3H3,(H,22,24)(H,23,25)/b17-11+. The quantitative estimate of drug-likeness (QED) is 0.659. The van der Waals surface area contributed by atoms with Gasteiger partial charge in [-0.2, -0.15) is 5.26 Å². The number of rotatable bonds is 4. The van der Waals surface area contributed by atoms with Crippen molar-refractivity contribution in [3.05, 3.63) is 64.7 Å². The Bertz CT molecular complexity index is 875. The van der Waals surface area contributed by atoms with Crippen molar-refractivity contribution >= 4 is 29.3 Å². The number of hydrogen-bond acceptors (Lipinski definition) is 3. The van der Waals surface area contributed by atoms with E-state index in [4.69, 9.17) is 0 Å². The Morgan fingerprint density at radius 3 is 2.28 bits per heavy atom. The normalized spacial score (nSPS) is 10.7. The minimum atomic E-state index is -0.458. The Kier molecular flexibility index (Phi) is 5.70. The first kappa shape index (κ1) is 18.0. The average Bonchev–Trinajstić information content (AvgIpc) is 2.56. The predicted molar refractivity (Wildman–Crippen MR) is 98.9 cm³/mol. The number of anilines is 2. The molecular formula is C20H19N3O2. The van der Waals surface area contributed by atoms with Crippen LogP contribution in [0.4, 0.5) is 11.4 Å². The predicted octanol–water partition coefficient (Wildman–Crippen LogP) is 3.81. The van der Waals surface area contributed by atoms with Crippen molar-refractivity contribution < 1.29 is 9.59 Å². The molecular weight excluding hydrogens is 314 g/mol. The van der Waals surface area contributed by atoms with E-state index in [1.165, 1.54) is 13.0 Å². The van der Waals surface area contributed by atoms with Crippen molar-refractivity contribution in [2.24, 2.45) is 0 Å². The van der Waals surface area contributed by atoms with Crippen LogP contribution in [-0.4, -0.2) is 11.8 Å². The minimum Gasteiger partial charge on any atom is -0.326 e. The van der Waals surface area contributed by atoms with Gasteiger partial charge in [0.25, 0.3) is 5.91 Å². The van der Waals surface area contributed by atoms with Crippen molar-refractivity contribution in [2.45, 2.75) is 20.8 Å². The number of amides is 2. The fourth-order valence-corrected chi connectivity index (χ4v) is 2.32. The summed E-state index contributed by atoms with van der Waals surface area (Å²) in [6.07, 6.45) is 1.51. The lowest BCUT2D eigenvalue weighted by molar-refractivity contribution is -0.114. The van der Waals surface area contributed by atoms with Crippen molar-refractivity contribution in [2.75, 3.05) is 10.6 Å². The van der Waals surface area contributed by atoms with E-state index >= 15 is 0 Å². The van der Waals surface area contributed by atoms with Crippen molar-refractivity contribution in [3.63, 3.8) is 0 Å². The molecule has 0 saturated carbocycles. The van der Waals surface area contributed by atoms with Gasteiger partial charge < -0.3 is 10.6 Å². The highest BCUT2D eigenvalue weighted by atomic mass is 16.2. The maximum atomic E-state index is 12.3. The molecule has 0 bridgehead atoms. The third-order valence-electron chi connectivity index (χ3n) is 3.54. The van der Waals surface area contributed by atoms with Gasteiger partial charge in [-0.15, -0.1) is 0 Å². The maximum Gasteiger partial charge on any atom is 0.266 e. The molecule has 5 nitrogen and oxygen atoms in total. The molecule has 0 fully saturated rings. The molecule has 2 aromatic carbocycles. The molecule has 2 amide bonds. The molecule has 0 spiro atoms. The number of hydrogen-bond donors (Lipinski definition) is 2. The molecule has 0 saturated heterocycles. The molecule has 0 atom stereocenters. The minimum absolute atomic E-state index is 0.00671. The molecule has 2 aromatic rings. The van der Waals surface area contributed by atoms with Crippen LogP contribution < -0.4 is 10.6 Å². The van der Waals surface area contributed by atoms with E-state index in [1.54, 1.807) is 24.3 Å². The molecule has 2 rings (SSSR count). The number of carbonyl (C=O) groups is 2. The summed E-state index contributed by atoms with van der Waals surface area (Å²) < 4.78 is 0. The Morgan fingerprint density at radius 2 is 1.72 bits per heavy atom. The SMILES string of the molecule is CC(=O)Nc1ccc(/C=C(\C#N)C(=O)Nc2ccc(C)cc2C)cc1. The van der Waals surface area contributed by atoms with Crippen LogP contribution in [0.1, 0.15) is 23.6 Å². The zero-order chi connectivity index (χ0) is 18.4. The summed E-state index contributed by atoms with van der Waals surface area (Å²) in [6, 6.07) is 14.5. The third-order valence-corrected chi connectivity index (χ3v) is 3.54. The summed E-state index contributed by atoms with van der Waals surface area (Å²) in [5.74, 6) is -0.616. The van der Waals surface area contributed by atoms with E-state index in [0.717, 1.165) is 11.1 Å². The van der Waals surface area contributed by atoms with Gasteiger partial charge in [0.15, 0.2) is 0 Å². The second-order valence-electron chi connectivity index (χ2n) is 5.75. The second kappa shape index (κ2) is 7.93. The summed E-state index contributed by atoms with van der Waals surface area (Å²) in [7, 11) is 0. The van der Waals surface area contributed by atoms with Gasteiger partial charge in [0, 0.05) is 18.3 Å². The number of aryl methyl sites for hydroxylation is 2. The van der Waals surface area contributed by atoms with Gasteiger partial charge in [0.2, 0.25) is 5.91 Å². The lowest BCUT2D eigenvalue weighted by atomic mass is 10.1. The van der Waals surface area contributed by atoms with Crippen LogP contribution in [-0.2, 0) is 9.59 Å². The fraction of sp³-hybridized carbons (Fsp3) is 0.150. The molecule has 0 unspecified atom stereocenters. The number of nitrogens with one attached hydrogen (secondary N) is 2. The molecule has 25 heavy (non-hydrogen) atoms. The molecule has 0 aliphatic rings. The van der Waals surface area contributed by atoms with Crippen LogP contribution in [0.3, 0.4) is 0 Å². The van der Waals surface area contributed by atoms with Gasteiger partial charge in [-0.25, -0.2) is 0 Å². The van der Waals surface area contributed by atoms with Crippen LogP contribution in [0.5, 0.6) is 0 Å². The molecule has 0 aliphatic carbocycles. The molecule has 0 heterocycles. The first-order valence-corrected chi connectivity index (χ1v) is 7.77. The third kappa shape index (κ3) is 5.05. The van der Waals surface area contributed by atoms with Gasteiger partial charge in [-0.1, -0.05) is 29.8 Å². The zero-order valence-corrected chi connectivity index (χ0v) is 14.4. The van der Waals surface area contributed by atoms with Crippen LogP contribution in [0.2, 0.25) is 0 Å². The molecule has 0 radical (unpaired) electrons. The number of benzene rings is 2. The maximum absolute atomic E-state index is 12.3. The Hall–Kier alpha value is -3.39. The van der Waals surface area contributed by atoms with Crippen LogP contribution in [0, 0.1) is 25.2 Å². The van der Waals surface area contributed by atoms with E-state index in [0.29, 0.717) is 16.9 Å². The lowest BCUT2D eigenvalue weighted by Gasteiger charge is -2.08. The van der Waals surface area contributed by atoms with Crippen molar-refractivity contribution in [3.8, 4) is 6.07 Å². The monoisotopic (exact) mass is 333 g/mol. The summed E-state index contributed by atoms with van der Waals surface area (Å²) >= 11 is 0. The fourth-order valence-electron chi connectivity index (χ4n) is 2.32. The number of nitriles is 1. The Balaban J connectivity index is 2.17.